The largest absolute Gasteiger partial charge is 0.349 e. The van der Waals surface area contributed by atoms with Gasteiger partial charge in [0.2, 0.25) is 0 Å². The molecule has 0 bridgehead atoms. The molecule has 5 nitrogen and oxygen atoms in total. The molecule has 2 rings (SSSR count). The van der Waals surface area contributed by atoms with Crippen LogP contribution < -0.4 is 5.32 Å². The molecule has 0 spiro atoms. The molecule has 1 aromatic carbocycles. The lowest BCUT2D eigenvalue weighted by Gasteiger charge is -2.23. The summed E-state index contributed by atoms with van der Waals surface area (Å²) in [5.41, 5.74) is 2.61. The standard InChI is InChI=1S/C19H29N5/c1-15(2)13-24-11-10-21-18(24)12-22-19(20-4)23(5)14-17-9-7-6-8-16(17)3/h6-11,15H,12-14H2,1-5H3,(H,20,22). The fourth-order valence-electron chi connectivity index (χ4n) is 2.73. The molecule has 0 atom stereocenters. The van der Waals surface area contributed by atoms with Crippen LogP contribution in [0.15, 0.2) is 41.7 Å². The Morgan fingerprint density at radius 2 is 2.08 bits per heavy atom. The smallest absolute Gasteiger partial charge is 0.194 e. The highest BCUT2D eigenvalue weighted by molar-refractivity contribution is 5.79. The molecule has 0 radical (unpaired) electrons. The Morgan fingerprint density at radius 1 is 1.33 bits per heavy atom. The quantitative estimate of drug-likeness (QED) is 0.655. The van der Waals surface area contributed by atoms with Crippen molar-refractivity contribution in [2.75, 3.05) is 14.1 Å². The summed E-state index contributed by atoms with van der Waals surface area (Å²) in [5.74, 6) is 2.51. The van der Waals surface area contributed by atoms with Crippen molar-refractivity contribution in [1.29, 1.82) is 0 Å². The molecule has 130 valence electrons. The molecule has 1 heterocycles. The van der Waals surface area contributed by atoms with E-state index in [-0.39, 0.29) is 0 Å². The van der Waals surface area contributed by atoms with Gasteiger partial charge in [-0.25, -0.2) is 4.98 Å². The zero-order valence-corrected chi connectivity index (χ0v) is 15.5. The van der Waals surface area contributed by atoms with E-state index in [1.165, 1.54) is 11.1 Å². The molecule has 2 aromatic rings. The lowest BCUT2D eigenvalue weighted by atomic mass is 10.1. The molecule has 0 saturated carbocycles. The highest BCUT2D eigenvalue weighted by atomic mass is 15.3. The molecule has 0 amide bonds. The van der Waals surface area contributed by atoms with Gasteiger partial charge in [0.15, 0.2) is 5.96 Å². The number of aryl methyl sites for hydroxylation is 1. The van der Waals surface area contributed by atoms with Gasteiger partial charge in [0, 0.05) is 39.6 Å². The summed E-state index contributed by atoms with van der Waals surface area (Å²) >= 11 is 0. The van der Waals surface area contributed by atoms with Crippen LogP contribution in [0.2, 0.25) is 0 Å². The number of guanidine groups is 1. The summed E-state index contributed by atoms with van der Waals surface area (Å²) in [6.07, 6.45) is 3.90. The van der Waals surface area contributed by atoms with Gasteiger partial charge in [-0.05, 0) is 24.0 Å². The number of rotatable bonds is 6. The minimum Gasteiger partial charge on any atom is -0.349 e. The molecule has 0 aliphatic carbocycles. The maximum Gasteiger partial charge on any atom is 0.194 e. The lowest BCUT2D eigenvalue weighted by Crippen LogP contribution is -2.38. The average Bonchev–Trinajstić information content (AvgIpc) is 2.96. The van der Waals surface area contributed by atoms with Gasteiger partial charge in [0.05, 0.1) is 6.54 Å². The number of hydrogen-bond donors (Lipinski definition) is 1. The molecule has 0 aliphatic heterocycles. The maximum atomic E-state index is 4.46. The molecule has 1 N–H and O–H groups in total. The van der Waals surface area contributed by atoms with Crippen LogP contribution in [0.4, 0.5) is 0 Å². The summed E-state index contributed by atoms with van der Waals surface area (Å²) in [6, 6.07) is 8.45. The lowest BCUT2D eigenvalue weighted by molar-refractivity contribution is 0.467. The van der Waals surface area contributed by atoms with E-state index in [1.807, 2.05) is 19.4 Å². The first-order valence-electron chi connectivity index (χ1n) is 8.47. The van der Waals surface area contributed by atoms with Gasteiger partial charge < -0.3 is 14.8 Å². The topological polar surface area (TPSA) is 45.5 Å². The van der Waals surface area contributed by atoms with E-state index < -0.39 is 0 Å². The Hall–Kier alpha value is -2.30. The second-order valence-electron chi connectivity index (χ2n) is 6.57. The van der Waals surface area contributed by atoms with E-state index >= 15 is 0 Å². The Kier molecular flexibility index (Phi) is 6.41. The third kappa shape index (κ3) is 4.85. The number of benzene rings is 1. The minimum atomic E-state index is 0.598. The van der Waals surface area contributed by atoms with Crippen LogP contribution >= 0.6 is 0 Å². The number of nitrogens with one attached hydrogen (secondary N) is 1. The number of hydrogen-bond acceptors (Lipinski definition) is 2. The van der Waals surface area contributed by atoms with Gasteiger partial charge in [-0.15, -0.1) is 0 Å². The van der Waals surface area contributed by atoms with Crippen LogP contribution in [0.25, 0.3) is 0 Å². The number of imidazole rings is 1. The molecule has 24 heavy (non-hydrogen) atoms. The Morgan fingerprint density at radius 3 is 2.75 bits per heavy atom. The first kappa shape index (κ1) is 18.0. The van der Waals surface area contributed by atoms with E-state index in [2.05, 4.69) is 76.8 Å². The van der Waals surface area contributed by atoms with Crippen molar-refractivity contribution in [3.63, 3.8) is 0 Å². The average molecular weight is 327 g/mol. The summed E-state index contributed by atoms with van der Waals surface area (Å²) in [7, 11) is 3.87. The summed E-state index contributed by atoms with van der Waals surface area (Å²) < 4.78 is 2.20. The van der Waals surface area contributed by atoms with Crippen molar-refractivity contribution >= 4 is 5.96 Å². The van der Waals surface area contributed by atoms with Gasteiger partial charge >= 0.3 is 0 Å². The predicted molar refractivity (Wildman–Crippen MR) is 99.9 cm³/mol. The zero-order chi connectivity index (χ0) is 17.5. The van der Waals surface area contributed by atoms with Crippen LogP contribution in [-0.4, -0.2) is 34.5 Å². The second kappa shape index (κ2) is 8.52. The maximum absolute atomic E-state index is 4.46. The molecule has 0 aliphatic rings. The monoisotopic (exact) mass is 327 g/mol. The van der Waals surface area contributed by atoms with E-state index in [0.29, 0.717) is 12.5 Å². The Balaban J connectivity index is 1.97. The van der Waals surface area contributed by atoms with Crippen LogP contribution in [0, 0.1) is 12.8 Å². The van der Waals surface area contributed by atoms with Crippen LogP contribution in [0.1, 0.15) is 30.8 Å². The fourth-order valence-corrected chi connectivity index (χ4v) is 2.73. The van der Waals surface area contributed by atoms with Crippen molar-refractivity contribution in [3.05, 3.63) is 53.6 Å². The van der Waals surface area contributed by atoms with E-state index in [4.69, 9.17) is 0 Å². The van der Waals surface area contributed by atoms with Crippen molar-refractivity contribution in [2.45, 2.75) is 40.4 Å². The number of aromatic nitrogens is 2. The molecular formula is C19H29N5. The molecule has 0 saturated heterocycles. The van der Waals surface area contributed by atoms with Crippen LogP contribution in [-0.2, 0) is 19.6 Å². The van der Waals surface area contributed by atoms with Gasteiger partial charge in [0.25, 0.3) is 0 Å². The van der Waals surface area contributed by atoms with E-state index in [0.717, 1.165) is 24.9 Å². The molecule has 1 aromatic heterocycles. The molecular weight excluding hydrogens is 298 g/mol. The van der Waals surface area contributed by atoms with Gasteiger partial charge in [-0.3, -0.25) is 4.99 Å². The first-order valence-corrected chi connectivity index (χ1v) is 8.47. The van der Waals surface area contributed by atoms with Gasteiger partial charge in [-0.2, -0.15) is 0 Å². The van der Waals surface area contributed by atoms with Crippen molar-refractivity contribution in [1.82, 2.24) is 19.8 Å². The van der Waals surface area contributed by atoms with Gasteiger partial charge in [-0.1, -0.05) is 38.1 Å². The number of aliphatic imine (C=N–C) groups is 1. The summed E-state index contributed by atoms with van der Waals surface area (Å²) in [4.78, 5) is 11.0. The summed E-state index contributed by atoms with van der Waals surface area (Å²) in [6.45, 7) is 9.05. The summed E-state index contributed by atoms with van der Waals surface area (Å²) in [5, 5.41) is 3.42. The Bertz CT molecular complexity index is 672. The number of nitrogens with zero attached hydrogens (tertiary/aromatic N) is 4. The highest BCUT2D eigenvalue weighted by Gasteiger charge is 2.10. The zero-order valence-electron chi connectivity index (χ0n) is 15.5. The van der Waals surface area contributed by atoms with Crippen LogP contribution in [0.3, 0.4) is 0 Å². The Labute approximate surface area is 145 Å². The first-order chi connectivity index (χ1) is 11.5. The van der Waals surface area contributed by atoms with Crippen molar-refractivity contribution < 1.29 is 0 Å². The SMILES string of the molecule is CN=C(NCc1nccn1CC(C)C)N(C)Cc1ccccc1C. The molecule has 5 heteroatoms. The third-order valence-electron chi connectivity index (χ3n) is 4.01. The molecule has 0 unspecified atom stereocenters. The minimum absolute atomic E-state index is 0.598. The van der Waals surface area contributed by atoms with Crippen molar-refractivity contribution in [2.24, 2.45) is 10.9 Å². The van der Waals surface area contributed by atoms with Crippen LogP contribution in [0.5, 0.6) is 0 Å². The predicted octanol–water partition coefficient (Wildman–Crippen LogP) is 3.05. The van der Waals surface area contributed by atoms with Crippen molar-refractivity contribution in [3.8, 4) is 0 Å². The second-order valence-corrected chi connectivity index (χ2v) is 6.57. The fraction of sp³-hybridized carbons (Fsp3) is 0.474. The third-order valence-corrected chi connectivity index (χ3v) is 4.01. The normalized spacial score (nSPS) is 11.8. The van der Waals surface area contributed by atoms with Gasteiger partial charge in [0.1, 0.15) is 5.82 Å². The highest BCUT2D eigenvalue weighted by Crippen LogP contribution is 2.10. The molecule has 0 fully saturated rings. The van der Waals surface area contributed by atoms with E-state index in [9.17, 15) is 0 Å². The van der Waals surface area contributed by atoms with E-state index in [1.54, 1.807) is 0 Å².